The summed E-state index contributed by atoms with van der Waals surface area (Å²) in [4.78, 5) is 21.2. The molecule has 2 amide bonds. The van der Waals surface area contributed by atoms with Crippen molar-refractivity contribution in [2.24, 2.45) is 5.73 Å². The summed E-state index contributed by atoms with van der Waals surface area (Å²) in [6.07, 6.45) is 0. The Morgan fingerprint density at radius 2 is 1.88 bits per heavy atom. The van der Waals surface area contributed by atoms with Crippen molar-refractivity contribution in [3.05, 3.63) is 29.6 Å². The molecule has 0 atom stereocenters. The number of hydrogen-bond acceptors (Lipinski definition) is 2. The molecule has 88 valence electrons. The van der Waals surface area contributed by atoms with Crippen LogP contribution in [0.5, 0.6) is 0 Å². The van der Waals surface area contributed by atoms with E-state index >= 15 is 0 Å². The number of carbonyl (C=O) groups excluding carboxylic acids is 2. The number of amides is 2. The number of carbonyl (C=O) groups is 2. The summed E-state index contributed by atoms with van der Waals surface area (Å²) in [5.41, 5.74) is 5.37. The van der Waals surface area contributed by atoms with E-state index in [4.69, 9.17) is 5.73 Å². The van der Waals surface area contributed by atoms with Crippen LogP contribution in [0, 0.1) is 12.7 Å². The monoisotopic (exact) mass is 226 g/mol. The second-order valence-electron chi connectivity index (χ2n) is 2.78. The first-order valence-corrected chi connectivity index (χ1v) is 4.87. The van der Waals surface area contributed by atoms with Crippen molar-refractivity contribution < 1.29 is 14.0 Å². The summed E-state index contributed by atoms with van der Waals surface area (Å²) < 4.78 is 13.0. The molecule has 1 aromatic carbocycles. The first-order chi connectivity index (χ1) is 7.50. The third-order valence-corrected chi connectivity index (χ3v) is 1.65. The second-order valence-corrected chi connectivity index (χ2v) is 2.78. The minimum Gasteiger partial charge on any atom is -0.361 e. The van der Waals surface area contributed by atoms with Gasteiger partial charge in [-0.2, -0.15) is 0 Å². The Labute approximate surface area is 93.6 Å². The van der Waals surface area contributed by atoms with Crippen molar-refractivity contribution in [3.63, 3.8) is 0 Å². The van der Waals surface area contributed by atoms with E-state index < -0.39 is 17.6 Å². The van der Waals surface area contributed by atoms with Crippen molar-refractivity contribution in [2.45, 2.75) is 20.8 Å². The van der Waals surface area contributed by atoms with Crippen LogP contribution in [0.25, 0.3) is 0 Å². The SMILES string of the molecule is CC.Cc1ccc(NC(=O)C(N)=O)cc1F. The van der Waals surface area contributed by atoms with Crippen LogP contribution in [0.4, 0.5) is 10.1 Å². The fourth-order valence-electron chi connectivity index (χ4n) is 0.863. The average molecular weight is 226 g/mol. The number of aryl methyl sites for hydroxylation is 1. The van der Waals surface area contributed by atoms with Gasteiger partial charge in [0.2, 0.25) is 0 Å². The van der Waals surface area contributed by atoms with Gasteiger partial charge in [0.1, 0.15) is 5.82 Å². The van der Waals surface area contributed by atoms with E-state index in [0.717, 1.165) is 6.07 Å². The van der Waals surface area contributed by atoms with Gasteiger partial charge in [0.25, 0.3) is 0 Å². The van der Waals surface area contributed by atoms with Crippen LogP contribution in [-0.2, 0) is 9.59 Å². The summed E-state index contributed by atoms with van der Waals surface area (Å²) in [6, 6.07) is 4.10. The third-order valence-electron chi connectivity index (χ3n) is 1.65. The van der Waals surface area contributed by atoms with Gasteiger partial charge in [0, 0.05) is 5.69 Å². The van der Waals surface area contributed by atoms with Gasteiger partial charge < -0.3 is 11.1 Å². The summed E-state index contributed by atoms with van der Waals surface area (Å²) in [7, 11) is 0. The lowest BCUT2D eigenvalue weighted by Gasteiger charge is -2.03. The van der Waals surface area contributed by atoms with E-state index in [9.17, 15) is 14.0 Å². The molecule has 0 fully saturated rings. The molecule has 0 saturated heterocycles. The zero-order valence-corrected chi connectivity index (χ0v) is 9.50. The highest BCUT2D eigenvalue weighted by atomic mass is 19.1. The maximum absolute atomic E-state index is 13.0. The highest BCUT2D eigenvalue weighted by Crippen LogP contribution is 2.13. The molecule has 0 saturated carbocycles. The largest absolute Gasteiger partial charge is 0.361 e. The number of nitrogens with one attached hydrogen (secondary N) is 1. The Hall–Kier alpha value is -1.91. The predicted octanol–water partition coefficient (Wildman–Crippen LogP) is 1.58. The zero-order chi connectivity index (χ0) is 12.7. The molecule has 16 heavy (non-hydrogen) atoms. The second kappa shape index (κ2) is 6.55. The summed E-state index contributed by atoms with van der Waals surface area (Å²) in [6.45, 7) is 5.59. The lowest BCUT2D eigenvalue weighted by molar-refractivity contribution is -0.134. The Morgan fingerprint density at radius 1 is 1.31 bits per heavy atom. The van der Waals surface area contributed by atoms with Crippen LogP contribution in [-0.4, -0.2) is 11.8 Å². The predicted molar refractivity (Wildman–Crippen MR) is 60.3 cm³/mol. The van der Waals surface area contributed by atoms with Crippen molar-refractivity contribution in [1.82, 2.24) is 0 Å². The fraction of sp³-hybridized carbons (Fsp3) is 0.273. The number of nitrogens with two attached hydrogens (primary N) is 1. The Morgan fingerprint density at radius 3 is 2.31 bits per heavy atom. The van der Waals surface area contributed by atoms with Gasteiger partial charge in [0.15, 0.2) is 0 Å². The van der Waals surface area contributed by atoms with Gasteiger partial charge in [-0.1, -0.05) is 19.9 Å². The van der Waals surface area contributed by atoms with E-state index in [1.165, 1.54) is 12.1 Å². The zero-order valence-electron chi connectivity index (χ0n) is 9.50. The smallest absolute Gasteiger partial charge is 0.313 e. The van der Waals surface area contributed by atoms with E-state index in [-0.39, 0.29) is 5.69 Å². The normalized spacial score (nSPS) is 8.75. The van der Waals surface area contributed by atoms with Crippen molar-refractivity contribution in [2.75, 3.05) is 5.32 Å². The van der Waals surface area contributed by atoms with Crippen molar-refractivity contribution in [1.29, 1.82) is 0 Å². The van der Waals surface area contributed by atoms with Crippen LogP contribution in [0.1, 0.15) is 19.4 Å². The van der Waals surface area contributed by atoms with E-state index in [1.54, 1.807) is 6.92 Å². The van der Waals surface area contributed by atoms with E-state index in [1.807, 2.05) is 13.8 Å². The molecule has 0 aromatic heterocycles. The van der Waals surface area contributed by atoms with Gasteiger partial charge >= 0.3 is 11.8 Å². The summed E-state index contributed by atoms with van der Waals surface area (Å²) in [5.74, 6) is -2.52. The Bertz CT molecular complexity index is 392. The molecule has 0 spiro atoms. The van der Waals surface area contributed by atoms with Crippen LogP contribution < -0.4 is 11.1 Å². The van der Waals surface area contributed by atoms with Crippen LogP contribution in [0.15, 0.2) is 18.2 Å². The minimum atomic E-state index is -1.11. The maximum atomic E-state index is 13.0. The summed E-state index contributed by atoms with van der Waals surface area (Å²) >= 11 is 0. The van der Waals surface area contributed by atoms with Crippen molar-refractivity contribution >= 4 is 17.5 Å². The number of anilines is 1. The van der Waals surface area contributed by atoms with Gasteiger partial charge in [-0.3, -0.25) is 9.59 Å². The average Bonchev–Trinajstić information content (AvgIpc) is 2.26. The molecule has 1 aromatic rings. The van der Waals surface area contributed by atoms with E-state index in [2.05, 4.69) is 5.32 Å². The molecular weight excluding hydrogens is 211 g/mol. The molecule has 0 aliphatic carbocycles. The first-order valence-electron chi connectivity index (χ1n) is 4.87. The Balaban J connectivity index is 0.00000106. The molecular formula is C11H15FN2O2. The van der Waals surface area contributed by atoms with Gasteiger partial charge in [-0.15, -0.1) is 0 Å². The number of rotatable bonds is 1. The highest BCUT2D eigenvalue weighted by Gasteiger charge is 2.09. The molecule has 3 N–H and O–H groups in total. The van der Waals surface area contributed by atoms with Gasteiger partial charge in [0.05, 0.1) is 0 Å². The Kier molecular flexibility index (Phi) is 5.77. The lowest BCUT2D eigenvalue weighted by atomic mass is 10.2. The van der Waals surface area contributed by atoms with Crippen LogP contribution in [0.3, 0.4) is 0 Å². The number of hydrogen-bond donors (Lipinski definition) is 2. The minimum absolute atomic E-state index is 0.205. The quantitative estimate of drug-likeness (QED) is 0.713. The molecule has 5 heteroatoms. The molecule has 0 unspecified atom stereocenters. The standard InChI is InChI=1S/C9H9FN2O2.C2H6/c1-5-2-3-6(4-7(5)10)12-9(14)8(11)13;1-2/h2-4H,1H3,(H2,11,13)(H,12,14);1-2H3. The lowest BCUT2D eigenvalue weighted by Crippen LogP contribution is -2.29. The summed E-state index contributed by atoms with van der Waals surface area (Å²) in [5, 5.41) is 2.16. The fourth-order valence-corrected chi connectivity index (χ4v) is 0.863. The molecule has 0 bridgehead atoms. The topological polar surface area (TPSA) is 72.2 Å². The van der Waals surface area contributed by atoms with Gasteiger partial charge in [-0.05, 0) is 24.6 Å². The number of primary amides is 1. The first kappa shape index (κ1) is 14.1. The van der Waals surface area contributed by atoms with Gasteiger partial charge in [-0.25, -0.2) is 4.39 Å². The van der Waals surface area contributed by atoms with Crippen molar-refractivity contribution in [3.8, 4) is 0 Å². The van der Waals surface area contributed by atoms with Crippen LogP contribution in [0.2, 0.25) is 0 Å². The third kappa shape index (κ3) is 4.08. The van der Waals surface area contributed by atoms with Crippen LogP contribution >= 0.6 is 0 Å². The molecule has 1 rings (SSSR count). The highest BCUT2D eigenvalue weighted by molar-refractivity contribution is 6.39. The molecule has 0 aliphatic rings. The number of halogens is 1. The van der Waals surface area contributed by atoms with E-state index in [0.29, 0.717) is 5.56 Å². The molecule has 0 heterocycles. The molecule has 0 radical (unpaired) electrons. The molecule has 0 aliphatic heterocycles. The number of benzene rings is 1. The molecule has 4 nitrogen and oxygen atoms in total. The maximum Gasteiger partial charge on any atom is 0.313 e.